The minimum absolute atomic E-state index is 0.184. The van der Waals surface area contributed by atoms with Crippen molar-refractivity contribution in [1.29, 1.82) is 0 Å². The number of benzene rings is 1. The fourth-order valence-electron chi connectivity index (χ4n) is 1.29. The average Bonchev–Trinajstić information content (AvgIpc) is 2.31. The molecule has 0 saturated carbocycles. The predicted octanol–water partition coefficient (Wildman–Crippen LogP) is 2.08. The van der Waals surface area contributed by atoms with E-state index in [1.165, 1.54) is 22.4 Å². The summed E-state index contributed by atoms with van der Waals surface area (Å²) in [5, 5.41) is 10.5. The van der Waals surface area contributed by atoms with Crippen LogP contribution in [-0.4, -0.2) is 34.9 Å². The van der Waals surface area contributed by atoms with Crippen molar-refractivity contribution in [2.24, 2.45) is 0 Å². The molecular formula is C10H11NO2S2Se. The van der Waals surface area contributed by atoms with E-state index in [2.05, 4.69) is 0 Å². The van der Waals surface area contributed by atoms with E-state index in [4.69, 9.17) is 0 Å². The molecule has 1 aromatic carbocycles. The first kappa shape index (κ1) is 12.3. The van der Waals surface area contributed by atoms with Crippen LogP contribution in [0.4, 0.5) is 5.69 Å². The third-order valence-electron chi connectivity index (χ3n) is 2.08. The van der Waals surface area contributed by atoms with Crippen molar-refractivity contribution < 1.29 is 4.92 Å². The average molecular weight is 320 g/mol. The van der Waals surface area contributed by atoms with Gasteiger partial charge in [0.05, 0.1) is 0 Å². The first-order valence-electron chi connectivity index (χ1n) is 4.90. The van der Waals surface area contributed by atoms with Crippen molar-refractivity contribution in [2.45, 2.75) is 9.90 Å². The van der Waals surface area contributed by atoms with Crippen LogP contribution in [-0.2, 0) is 0 Å². The number of hydrogen-bond donors (Lipinski definition) is 0. The van der Waals surface area contributed by atoms with Gasteiger partial charge in [-0.3, -0.25) is 0 Å². The molecule has 0 unspecified atom stereocenters. The van der Waals surface area contributed by atoms with E-state index >= 15 is 0 Å². The van der Waals surface area contributed by atoms with Crippen molar-refractivity contribution in [3.8, 4) is 0 Å². The molecule has 3 nitrogen and oxygen atoms in total. The van der Waals surface area contributed by atoms with Gasteiger partial charge in [0.15, 0.2) is 0 Å². The summed E-state index contributed by atoms with van der Waals surface area (Å²) in [5.41, 5.74) is 0.184. The summed E-state index contributed by atoms with van der Waals surface area (Å²) in [6.45, 7) is 0. The van der Waals surface area contributed by atoms with E-state index in [1.54, 1.807) is 12.1 Å². The van der Waals surface area contributed by atoms with Crippen molar-refractivity contribution in [3.05, 3.63) is 34.4 Å². The van der Waals surface area contributed by atoms with E-state index < -0.39 is 0 Å². The zero-order valence-corrected chi connectivity index (χ0v) is 11.8. The Labute approximate surface area is 109 Å². The Balaban J connectivity index is 1.96. The van der Waals surface area contributed by atoms with Crippen LogP contribution in [0.25, 0.3) is 0 Å². The second-order valence-electron chi connectivity index (χ2n) is 3.25. The Bertz CT molecular complexity index is 366. The summed E-state index contributed by atoms with van der Waals surface area (Å²) >= 11 is 4.47. The quantitative estimate of drug-likeness (QED) is 0.486. The molecule has 0 aliphatic carbocycles. The van der Waals surface area contributed by atoms with Gasteiger partial charge in [-0.2, -0.15) is 0 Å². The first-order chi connectivity index (χ1) is 7.75. The van der Waals surface area contributed by atoms with Gasteiger partial charge in [0.2, 0.25) is 0 Å². The topological polar surface area (TPSA) is 43.1 Å². The number of hydrogen-bond acceptors (Lipinski definition) is 4. The normalized spacial score (nSPS) is 17.2. The number of non-ortho nitro benzene ring substituents is 1. The Morgan fingerprint density at radius 3 is 2.44 bits per heavy atom. The minimum atomic E-state index is -0.346. The third-order valence-corrected chi connectivity index (χ3v) is 8.74. The molecule has 0 radical (unpaired) electrons. The molecule has 2 rings (SSSR count). The second kappa shape index (κ2) is 5.96. The molecule has 16 heavy (non-hydrogen) atoms. The van der Waals surface area contributed by atoms with Gasteiger partial charge in [0.1, 0.15) is 0 Å². The van der Waals surface area contributed by atoms with Crippen LogP contribution in [0.15, 0.2) is 24.3 Å². The van der Waals surface area contributed by atoms with E-state index in [1.807, 2.05) is 35.7 Å². The molecule has 1 aliphatic heterocycles. The van der Waals surface area contributed by atoms with Gasteiger partial charge < -0.3 is 0 Å². The molecule has 1 aromatic rings. The summed E-state index contributed by atoms with van der Waals surface area (Å²) in [4.78, 5) is 10.2. The second-order valence-corrected chi connectivity index (χ2v) is 9.80. The zero-order chi connectivity index (χ0) is 11.4. The monoisotopic (exact) mass is 321 g/mol. The zero-order valence-electron chi connectivity index (χ0n) is 8.50. The molecular weight excluding hydrogens is 309 g/mol. The molecule has 0 bridgehead atoms. The SMILES string of the molecule is O=[N+]([O-])c1ccc([Se]C2SCCCS2)cc1. The molecule has 1 saturated heterocycles. The van der Waals surface area contributed by atoms with Gasteiger partial charge in [-0.05, 0) is 0 Å². The molecule has 86 valence electrons. The Morgan fingerprint density at radius 1 is 1.25 bits per heavy atom. The number of nitro benzene ring substituents is 1. The fourth-order valence-corrected chi connectivity index (χ4v) is 7.88. The first-order valence-corrected chi connectivity index (χ1v) is 8.84. The molecule has 1 aliphatic rings. The van der Waals surface area contributed by atoms with E-state index in [-0.39, 0.29) is 10.6 Å². The van der Waals surface area contributed by atoms with Gasteiger partial charge in [-0.15, -0.1) is 0 Å². The maximum absolute atomic E-state index is 10.5. The maximum atomic E-state index is 10.5. The van der Waals surface area contributed by atoms with Gasteiger partial charge >= 0.3 is 109 Å². The molecule has 6 heteroatoms. The van der Waals surface area contributed by atoms with Crippen LogP contribution in [0, 0.1) is 10.1 Å². The Kier molecular flexibility index (Phi) is 4.58. The molecule has 0 amide bonds. The Hall–Kier alpha value is -0.161. The molecule has 1 heterocycles. The molecule has 1 fully saturated rings. The van der Waals surface area contributed by atoms with Crippen molar-refractivity contribution in [3.63, 3.8) is 0 Å². The van der Waals surface area contributed by atoms with Gasteiger partial charge in [-0.25, -0.2) is 0 Å². The number of thioether (sulfide) groups is 2. The standard InChI is InChI=1S/C10H11NO2S2Se/c12-11(13)8-2-4-9(5-3-8)16-10-14-6-1-7-15-10/h2-5,10H,1,6-7H2. The van der Waals surface area contributed by atoms with Crippen LogP contribution < -0.4 is 4.46 Å². The summed E-state index contributed by atoms with van der Waals surface area (Å²) in [7, 11) is 0. The molecule has 0 N–H and O–H groups in total. The van der Waals surface area contributed by atoms with E-state index in [0.717, 1.165) is 0 Å². The van der Waals surface area contributed by atoms with E-state index in [9.17, 15) is 10.1 Å². The molecule has 0 spiro atoms. The third kappa shape index (κ3) is 3.42. The molecule has 0 atom stereocenters. The fraction of sp³-hybridized carbons (Fsp3) is 0.400. The van der Waals surface area contributed by atoms with Crippen LogP contribution in [0.3, 0.4) is 0 Å². The number of nitro groups is 1. The van der Waals surface area contributed by atoms with Gasteiger partial charge in [-0.1, -0.05) is 0 Å². The van der Waals surface area contributed by atoms with Crippen molar-refractivity contribution in [1.82, 2.24) is 0 Å². The Morgan fingerprint density at radius 2 is 1.88 bits per heavy atom. The summed E-state index contributed by atoms with van der Waals surface area (Å²) in [5.74, 6) is 2.51. The van der Waals surface area contributed by atoms with Gasteiger partial charge in [0.25, 0.3) is 0 Å². The summed E-state index contributed by atoms with van der Waals surface area (Å²) in [6, 6.07) is 7.01. The van der Waals surface area contributed by atoms with Crippen molar-refractivity contribution >= 4 is 48.6 Å². The summed E-state index contributed by atoms with van der Waals surface area (Å²) in [6.07, 6.45) is 1.31. The predicted molar refractivity (Wildman–Crippen MR) is 71.8 cm³/mol. The van der Waals surface area contributed by atoms with Gasteiger partial charge in [0, 0.05) is 0 Å². The number of rotatable bonds is 3. The van der Waals surface area contributed by atoms with Crippen molar-refractivity contribution in [2.75, 3.05) is 11.5 Å². The van der Waals surface area contributed by atoms with Crippen LogP contribution >= 0.6 is 23.5 Å². The summed E-state index contributed by atoms with van der Waals surface area (Å²) < 4.78 is 1.94. The van der Waals surface area contributed by atoms with E-state index in [0.29, 0.717) is 18.4 Å². The van der Waals surface area contributed by atoms with Crippen LogP contribution in [0.1, 0.15) is 6.42 Å². The van der Waals surface area contributed by atoms with Crippen LogP contribution in [0.5, 0.6) is 0 Å². The van der Waals surface area contributed by atoms with Crippen LogP contribution in [0.2, 0.25) is 0 Å². The molecule has 0 aromatic heterocycles. The number of nitrogens with zero attached hydrogens (tertiary/aromatic N) is 1.